The van der Waals surface area contributed by atoms with Crippen LogP contribution in [0.15, 0.2) is 499 Å². The summed E-state index contributed by atoms with van der Waals surface area (Å²) in [5.41, 5.74) is 47.7. The van der Waals surface area contributed by atoms with Crippen molar-refractivity contribution >= 4 is 118 Å². The predicted molar refractivity (Wildman–Crippen MR) is 652 cm³/mol. The zero-order valence-electron chi connectivity index (χ0n) is 84.4. The Labute approximate surface area is 882 Å². The molecule has 0 radical (unpaired) electrons. The molecule has 0 N–H and O–H groups in total. The summed E-state index contributed by atoms with van der Waals surface area (Å²) >= 11 is 1.88. The van der Waals surface area contributed by atoms with E-state index in [0.29, 0.717) is 6.61 Å². The van der Waals surface area contributed by atoms with Crippen molar-refractivity contribution in [2.45, 2.75) is 39.4 Å². The molecule has 1 nitrogen and oxygen atoms in total. The topological polar surface area (TPSA) is 9.23 Å². The van der Waals surface area contributed by atoms with Crippen molar-refractivity contribution in [3.63, 3.8) is 0 Å². The number of hydrogen-bond donors (Lipinski definition) is 0. The third kappa shape index (κ3) is 15.6. The van der Waals surface area contributed by atoms with Crippen LogP contribution >= 0.6 is 11.3 Å². The number of para-hydroxylation sites is 1. The largest absolute Gasteiger partial charge is 0.493 e. The molecule has 3 aliphatic rings. The minimum Gasteiger partial charge on any atom is -0.493 e. The Balaban J connectivity index is 0.000000113. The molecule has 0 saturated heterocycles. The third-order valence-corrected chi connectivity index (χ3v) is 34.3. The van der Waals surface area contributed by atoms with Gasteiger partial charge in [-0.15, -0.1) is 11.3 Å². The molecule has 0 unspecified atom stereocenters. The summed E-state index contributed by atoms with van der Waals surface area (Å²) in [6.45, 7) is 22.2. The smallest absolute Gasteiger partial charge is 0.127 e. The molecule has 0 bridgehead atoms. The fraction of sp³-hybridized carbons (Fsp3) is 0.0476. The molecule has 710 valence electrons. The third-order valence-electron chi connectivity index (χ3n) is 31.2. The van der Waals surface area contributed by atoms with Crippen LogP contribution in [0.2, 0.25) is 19.6 Å². The minimum absolute atomic E-state index is 0.698. The van der Waals surface area contributed by atoms with Crippen LogP contribution in [0, 0.1) is 0 Å². The van der Waals surface area contributed by atoms with Gasteiger partial charge in [0.1, 0.15) is 5.75 Å². The van der Waals surface area contributed by atoms with Crippen LogP contribution in [0.1, 0.15) is 36.5 Å². The van der Waals surface area contributed by atoms with Crippen molar-refractivity contribution in [3.05, 3.63) is 516 Å². The quantitative estimate of drug-likeness (QED) is 0.0546. The molecule has 25 aromatic rings. The van der Waals surface area contributed by atoms with Gasteiger partial charge in [0.05, 0.1) is 14.7 Å². The molecule has 0 atom stereocenters. The van der Waals surface area contributed by atoms with Gasteiger partial charge >= 0.3 is 0 Å². The van der Waals surface area contributed by atoms with E-state index < -0.39 is 8.07 Å². The molecular formula is C147H106OSSi. The maximum Gasteiger partial charge on any atom is 0.127 e. The number of hydrogen-bond acceptors (Lipinski definition) is 2. The summed E-state index contributed by atoms with van der Waals surface area (Å²) in [5.74, 6) is 0.927. The Morgan fingerprint density at radius 1 is 0.220 bits per heavy atom. The van der Waals surface area contributed by atoms with Crippen molar-refractivity contribution in [2.75, 3.05) is 6.61 Å². The molecule has 1 heterocycles. The first kappa shape index (κ1) is 91.9. The first-order valence-corrected chi connectivity index (χ1v) is 56.7. The molecule has 28 rings (SSSR count). The lowest BCUT2D eigenvalue weighted by Crippen LogP contribution is -2.37. The number of fused-ring (bicyclic) bond motifs is 13. The van der Waals surface area contributed by atoms with Gasteiger partial charge in [-0.05, 0) is 295 Å². The van der Waals surface area contributed by atoms with E-state index >= 15 is 0 Å². The van der Waals surface area contributed by atoms with Crippen molar-refractivity contribution < 1.29 is 4.74 Å². The lowest BCUT2D eigenvalue weighted by Gasteiger charge is -2.20. The Morgan fingerprint density at radius 2 is 0.487 bits per heavy atom. The summed E-state index contributed by atoms with van der Waals surface area (Å²) in [4.78, 5) is 1.29. The van der Waals surface area contributed by atoms with E-state index in [9.17, 15) is 0 Å². The fourth-order valence-corrected chi connectivity index (χ4v) is 26.6. The van der Waals surface area contributed by atoms with Crippen molar-refractivity contribution in [1.82, 2.24) is 0 Å². The number of ether oxygens (including phenoxy) is 1. The number of benzene rings is 24. The Hall–Kier alpha value is -18.0. The highest BCUT2D eigenvalue weighted by atomic mass is 32.1. The molecule has 0 amide bonds. The second kappa shape index (κ2) is 38.5. The van der Waals surface area contributed by atoms with Crippen LogP contribution in [0.5, 0.6) is 5.75 Å². The summed E-state index contributed by atoms with van der Waals surface area (Å²) in [6.07, 6.45) is 7.85. The Morgan fingerprint density at radius 3 is 0.813 bits per heavy atom. The van der Waals surface area contributed by atoms with Gasteiger partial charge in [-0.1, -0.05) is 537 Å². The van der Waals surface area contributed by atoms with E-state index in [0.717, 1.165) is 40.8 Å². The maximum absolute atomic E-state index is 6.49. The average molecular weight is 1950 g/mol. The molecule has 1 aromatic heterocycles. The number of unbranched alkanes of at least 4 members (excludes halogenated alkanes) is 1. The number of rotatable bonds is 20. The average Bonchev–Trinajstić information content (AvgIpc) is 1.54. The second-order valence-electron chi connectivity index (χ2n) is 40.7. The van der Waals surface area contributed by atoms with Gasteiger partial charge in [0.15, 0.2) is 0 Å². The SMILES string of the molecule is C=Cc1ccc(-c2ccc3c4c(ccc(-c5cc6ccccc6s5)c24)-c2c-3c(-c3ccccc3)c3ccccc3c2-c2ccccc2)cc1.C=Cc1ccc(-c2ccc3c4c(ccc(-c5cccc([Si](C)(C)C)c5)c24)-c2c-3c(-c3ccccc3)c3ccccc3c2-c2ccccc2)cc1.C=Cc1ccc(-c2ccc3c4c(ccc(-c5ccccc5OCCCC)c24)-c2c-3c(-c3ccccc3)c3ccccc3c2-c2ccccc2)cc1. The molecule has 150 heavy (non-hydrogen) atoms. The van der Waals surface area contributed by atoms with Crippen molar-refractivity contribution in [2.24, 2.45) is 0 Å². The summed E-state index contributed by atoms with van der Waals surface area (Å²) < 4.78 is 7.80. The van der Waals surface area contributed by atoms with Crippen molar-refractivity contribution in [3.8, 4) is 205 Å². The zero-order valence-corrected chi connectivity index (χ0v) is 86.2. The van der Waals surface area contributed by atoms with Crippen LogP contribution in [-0.4, -0.2) is 14.7 Å². The monoisotopic (exact) mass is 1950 g/mol. The minimum atomic E-state index is -1.54. The maximum atomic E-state index is 6.49. The highest BCUT2D eigenvalue weighted by Gasteiger charge is 2.38. The van der Waals surface area contributed by atoms with Crippen molar-refractivity contribution in [1.29, 1.82) is 0 Å². The van der Waals surface area contributed by atoms with E-state index in [1.165, 1.54) is 274 Å². The molecule has 0 saturated carbocycles. The van der Waals surface area contributed by atoms with Gasteiger partial charge in [-0.25, -0.2) is 0 Å². The lowest BCUT2D eigenvalue weighted by molar-refractivity contribution is 0.310. The highest BCUT2D eigenvalue weighted by molar-refractivity contribution is 7.22. The van der Waals surface area contributed by atoms with Gasteiger partial charge in [0.25, 0.3) is 0 Å². The predicted octanol–water partition coefficient (Wildman–Crippen LogP) is 41.8. The highest BCUT2D eigenvalue weighted by Crippen LogP contribution is 2.65. The Bertz CT molecular complexity index is 9400. The fourth-order valence-electron chi connectivity index (χ4n) is 24.3. The van der Waals surface area contributed by atoms with Crippen LogP contribution in [-0.2, 0) is 0 Å². The summed E-state index contributed by atoms with van der Waals surface area (Å²) in [7, 11) is -1.54. The Kier molecular flexibility index (Phi) is 23.6. The molecule has 0 spiro atoms. The molecule has 0 aliphatic heterocycles. The van der Waals surface area contributed by atoms with E-state index in [4.69, 9.17) is 4.74 Å². The molecule has 3 heteroatoms. The second-order valence-corrected chi connectivity index (χ2v) is 46.9. The molecular weight excluding hydrogens is 1840 g/mol. The number of thiophene rings is 1. The summed E-state index contributed by atoms with van der Waals surface area (Å²) in [6, 6.07) is 177. The van der Waals surface area contributed by atoms with Crippen LogP contribution < -0.4 is 9.92 Å². The summed E-state index contributed by atoms with van der Waals surface area (Å²) in [5, 5.41) is 18.3. The van der Waals surface area contributed by atoms with Gasteiger partial charge < -0.3 is 4.74 Å². The standard InChI is InChI=1S/C50H38O.C49H38Si.C48H30S/c1-3-5-32-51-44-23-15-14-20-38(44)41-29-31-43-48-42(30-28-37(47(41)48)34-26-24-33(4-2)25-27-34)49-45(35-16-8-6-9-17-35)39-21-12-13-22-40(39)46(50(43)49)36-18-10-7-11-19-36;1-5-32-23-25-33(26-24-32)38-27-29-42-47-43(30-28-39(46(38)47)36-19-14-20-37(31-36)50(2,3)4)49-45(35-17-10-7-11-18-35)41-22-13-12-21-40(41)44(48(42)49)34-15-8-6-9-16-34;1-2-30-21-23-31(24-22-30)35-25-27-39-46-40(28-26-38(45(35)46)42-29-34-17-9-12-20-41(34)49-42)48-44(33-15-7-4-8-16-33)37-19-11-10-18-36(37)43(47(39)48)32-13-5-3-6-14-32/h4,6-31H,2-3,5,32H2,1H3;5-31H,1H2,2-4H3;2-29H,1H2. The van der Waals surface area contributed by atoms with E-state index in [1.54, 1.807) is 0 Å². The molecule has 0 fully saturated rings. The first-order chi connectivity index (χ1) is 74.0. The lowest BCUT2D eigenvalue weighted by atomic mass is 9.82. The van der Waals surface area contributed by atoms with Gasteiger partial charge in [0, 0.05) is 20.7 Å². The van der Waals surface area contributed by atoms with Gasteiger partial charge in [-0.3, -0.25) is 0 Å². The normalized spacial score (nSPS) is 11.8. The zero-order chi connectivity index (χ0) is 101. The van der Waals surface area contributed by atoms with E-state index in [2.05, 4.69) is 526 Å². The molecule has 24 aromatic carbocycles. The van der Waals surface area contributed by atoms with E-state index in [-0.39, 0.29) is 0 Å². The van der Waals surface area contributed by atoms with Crippen LogP contribution in [0.25, 0.3) is 293 Å². The van der Waals surface area contributed by atoms with Crippen LogP contribution in [0.4, 0.5) is 0 Å². The van der Waals surface area contributed by atoms with Gasteiger partial charge in [0.2, 0.25) is 0 Å². The van der Waals surface area contributed by atoms with E-state index in [1.807, 2.05) is 29.6 Å². The molecule has 3 aliphatic carbocycles. The first-order valence-electron chi connectivity index (χ1n) is 52.4. The van der Waals surface area contributed by atoms with Crippen LogP contribution in [0.3, 0.4) is 0 Å². The van der Waals surface area contributed by atoms with Gasteiger partial charge in [-0.2, -0.15) is 0 Å².